The monoisotopic (exact) mass is 796 g/mol. The zero-order chi connectivity index (χ0) is 40.6. The number of thiophene rings is 1. The van der Waals surface area contributed by atoms with E-state index in [1.54, 1.807) is 11.3 Å². The summed E-state index contributed by atoms with van der Waals surface area (Å²) in [5.41, 5.74) is 12.8. The minimum Gasteiger partial charge on any atom is -0.309 e. The van der Waals surface area contributed by atoms with Crippen molar-refractivity contribution in [3.8, 4) is 22.5 Å². The summed E-state index contributed by atoms with van der Waals surface area (Å²) in [6, 6.07) is 58.8. The highest BCUT2D eigenvalue weighted by atomic mass is 32.1. The van der Waals surface area contributed by atoms with Crippen LogP contribution in [0.3, 0.4) is 0 Å². The van der Waals surface area contributed by atoms with Crippen LogP contribution < -0.4 is 4.90 Å². The molecule has 11 aromatic rings. The molecule has 0 N–H and O–H groups in total. The first-order valence-electron chi connectivity index (χ1n) is 20.5. The maximum absolute atomic E-state index is 5.47. The lowest BCUT2D eigenvalue weighted by atomic mass is 9.89. The van der Waals surface area contributed by atoms with Crippen LogP contribution in [-0.4, -0.2) is 15.0 Å². The number of hydrogen-bond acceptors (Lipinski definition) is 5. The maximum atomic E-state index is 5.47. The van der Waals surface area contributed by atoms with Crippen molar-refractivity contribution in [2.75, 3.05) is 4.90 Å². The third-order valence-electron chi connectivity index (χ3n) is 12.2. The van der Waals surface area contributed by atoms with Gasteiger partial charge in [-0.2, -0.15) is 0 Å². The second-order valence-corrected chi connectivity index (χ2v) is 16.7. The number of para-hydroxylation sites is 1. The minimum absolute atomic E-state index is 0.679. The molecule has 286 valence electrons. The third kappa shape index (κ3) is 5.62. The van der Waals surface area contributed by atoms with Gasteiger partial charge in [-0.15, -0.1) is 11.3 Å². The summed E-state index contributed by atoms with van der Waals surface area (Å²) in [4.78, 5) is 18.0. The van der Waals surface area contributed by atoms with E-state index in [2.05, 4.69) is 188 Å². The quantitative estimate of drug-likeness (QED) is 0.157. The standard InChI is InChI=1S/C56H36N4S/c1-3-35(27-26-34(2)42-21-10-18-38-19-12-30-57-52(38)42)53-55-54(45-20-6-7-25-50(45)61-55)59-56(58-53)44-23-8-15-36-28-29-41(33-46(36)44)60-48-24-11-17-37-16-9-22-43(51(37)48)47-31-39-13-4-5-14-40(39)32-49(47)60/h3-33H,1H2,2H3/b34-26+,35-27+. The van der Waals surface area contributed by atoms with Crippen LogP contribution >= 0.6 is 11.3 Å². The van der Waals surface area contributed by atoms with E-state index in [4.69, 9.17) is 15.0 Å². The molecule has 0 saturated heterocycles. The Kier molecular flexibility index (Phi) is 8.05. The Morgan fingerprint density at radius 2 is 1.31 bits per heavy atom. The van der Waals surface area contributed by atoms with Crippen molar-refractivity contribution in [2.45, 2.75) is 6.92 Å². The van der Waals surface area contributed by atoms with Gasteiger partial charge in [0.25, 0.3) is 0 Å². The van der Waals surface area contributed by atoms with Gasteiger partial charge in [0, 0.05) is 55.0 Å². The largest absolute Gasteiger partial charge is 0.309 e. The van der Waals surface area contributed by atoms with Crippen LogP contribution in [0.5, 0.6) is 0 Å². The highest BCUT2D eigenvalue weighted by molar-refractivity contribution is 7.26. The van der Waals surface area contributed by atoms with Gasteiger partial charge in [-0.1, -0.05) is 146 Å². The number of allylic oxidation sites excluding steroid dienone is 5. The van der Waals surface area contributed by atoms with E-state index in [-0.39, 0.29) is 0 Å². The number of hydrogen-bond donors (Lipinski definition) is 0. The first-order chi connectivity index (χ1) is 30.1. The molecule has 0 saturated carbocycles. The molecule has 0 unspecified atom stereocenters. The van der Waals surface area contributed by atoms with Gasteiger partial charge in [0.1, 0.15) is 0 Å². The molecule has 1 aliphatic rings. The van der Waals surface area contributed by atoms with Gasteiger partial charge in [0.15, 0.2) is 5.82 Å². The summed E-state index contributed by atoms with van der Waals surface area (Å²) in [5.74, 6) is 0.679. The molecule has 0 amide bonds. The molecule has 0 atom stereocenters. The molecule has 0 aliphatic carbocycles. The summed E-state index contributed by atoms with van der Waals surface area (Å²) >= 11 is 1.73. The van der Waals surface area contributed by atoms with Crippen LogP contribution in [-0.2, 0) is 0 Å². The number of pyridine rings is 1. The van der Waals surface area contributed by atoms with E-state index < -0.39 is 0 Å². The van der Waals surface area contributed by atoms with Crippen LogP contribution in [0.4, 0.5) is 17.1 Å². The highest BCUT2D eigenvalue weighted by Crippen LogP contribution is 2.52. The average Bonchev–Trinajstić information content (AvgIpc) is 3.69. The predicted molar refractivity (Wildman–Crippen MR) is 260 cm³/mol. The van der Waals surface area contributed by atoms with Gasteiger partial charge in [0.2, 0.25) is 0 Å². The van der Waals surface area contributed by atoms with E-state index in [0.717, 1.165) is 76.6 Å². The number of benzene rings is 8. The van der Waals surface area contributed by atoms with Gasteiger partial charge >= 0.3 is 0 Å². The Morgan fingerprint density at radius 3 is 2.20 bits per heavy atom. The SMILES string of the molecule is C=C/C(=C\C=C(/C)c1cccc2cccnc12)c1nc(-c2cccc3ccc(N4c5cc6ccccc6cc5-c5cccc6cccc4c56)cc23)nc2c1sc1ccccc12. The molecule has 61 heavy (non-hydrogen) atoms. The topological polar surface area (TPSA) is 41.9 Å². The Labute approximate surface area is 356 Å². The summed E-state index contributed by atoms with van der Waals surface area (Å²) in [6.07, 6.45) is 8.06. The van der Waals surface area contributed by atoms with Gasteiger partial charge in [-0.3, -0.25) is 4.98 Å². The fourth-order valence-corrected chi connectivity index (χ4v) is 10.4. The number of nitrogens with zero attached hydrogens (tertiary/aromatic N) is 4. The van der Waals surface area contributed by atoms with Crippen molar-refractivity contribution in [3.63, 3.8) is 0 Å². The number of anilines is 3. The van der Waals surface area contributed by atoms with Crippen molar-refractivity contribution in [3.05, 3.63) is 206 Å². The molecule has 4 nitrogen and oxygen atoms in total. The van der Waals surface area contributed by atoms with Gasteiger partial charge in [-0.05, 0) is 87.5 Å². The van der Waals surface area contributed by atoms with E-state index in [1.807, 2.05) is 18.3 Å². The van der Waals surface area contributed by atoms with E-state index in [0.29, 0.717) is 5.82 Å². The lowest BCUT2D eigenvalue weighted by Gasteiger charge is -2.34. The van der Waals surface area contributed by atoms with Crippen molar-refractivity contribution >= 4 is 103 Å². The average molecular weight is 797 g/mol. The van der Waals surface area contributed by atoms with Crippen LogP contribution in [0.25, 0.3) is 97.2 Å². The second-order valence-electron chi connectivity index (χ2n) is 15.7. The first kappa shape index (κ1) is 35.2. The minimum atomic E-state index is 0.679. The van der Waals surface area contributed by atoms with Crippen LogP contribution in [0.15, 0.2) is 195 Å². The first-order valence-corrected chi connectivity index (χ1v) is 21.4. The number of rotatable bonds is 6. The van der Waals surface area contributed by atoms with Crippen molar-refractivity contribution in [1.29, 1.82) is 0 Å². The number of fused-ring (bicyclic) bond motifs is 8. The molecular formula is C56H36N4S. The Bertz CT molecular complexity index is 3690. The van der Waals surface area contributed by atoms with E-state index >= 15 is 0 Å². The molecule has 0 radical (unpaired) electrons. The third-order valence-corrected chi connectivity index (χ3v) is 13.3. The van der Waals surface area contributed by atoms with Gasteiger partial charge in [-0.25, -0.2) is 9.97 Å². The smallest absolute Gasteiger partial charge is 0.161 e. The summed E-state index contributed by atoms with van der Waals surface area (Å²) in [5, 5.41) is 9.36. The molecule has 5 heteroatoms. The highest BCUT2D eigenvalue weighted by Gasteiger charge is 2.27. The molecule has 3 aromatic heterocycles. The normalized spacial score (nSPS) is 12.9. The van der Waals surface area contributed by atoms with Crippen molar-refractivity contribution < 1.29 is 0 Å². The van der Waals surface area contributed by atoms with Crippen molar-refractivity contribution in [2.24, 2.45) is 0 Å². The predicted octanol–water partition coefficient (Wildman–Crippen LogP) is 15.6. The van der Waals surface area contributed by atoms with E-state index in [1.165, 1.54) is 43.1 Å². The van der Waals surface area contributed by atoms with Gasteiger partial charge in [0.05, 0.1) is 32.8 Å². The molecule has 0 spiro atoms. The van der Waals surface area contributed by atoms with Gasteiger partial charge < -0.3 is 4.90 Å². The van der Waals surface area contributed by atoms with Crippen LogP contribution in [0.1, 0.15) is 18.2 Å². The lowest BCUT2D eigenvalue weighted by molar-refractivity contribution is 1.22. The summed E-state index contributed by atoms with van der Waals surface area (Å²) in [6.45, 7) is 6.45. The Hall–Kier alpha value is -7.73. The van der Waals surface area contributed by atoms with E-state index in [9.17, 15) is 0 Å². The van der Waals surface area contributed by atoms with Crippen LogP contribution in [0, 0.1) is 0 Å². The van der Waals surface area contributed by atoms with Crippen molar-refractivity contribution in [1.82, 2.24) is 15.0 Å². The molecule has 0 fully saturated rings. The fraction of sp³-hybridized carbons (Fsp3) is 0.0179. The summed E-state index contributed by atoms with van der Waals surface area (Å²) in [7, 11) is 0. The summed E-state index contributed by atoms with van der Waals surface area (Å²) < 4.78 is 2.21. The Balaban J connectivity index is 1.06. The molecule has 12 rings (SSSR count). The zero-order valence-electron chi connectivity index (χ0n) is 33.3. The lowest BCUT2D eigenvalue weighted by Crippen LogP contribution is -2.15. The molecule has 4 heterocycles. The molecular weight excluding hydrogens is 761 g/mol. The zero-order valence-corrected chi connectivity index (χ0v) is 34.1. The molecule has 1 aliphatic heterocycles. The van der Waals surface area contributed by atoms with Crippen LogP contribution in [0.2, 0.25) is 0 Å². The Morgan fingerprint density at radius 1 is 0.574 bits per heavy atom. The fourth-order valence-electron chi connectivity index (χ4n) is 9.24. The molecule has 8 aromatic carbocycles. The molecule has 0 bridgehead atoms. The maximum Gasteiger partial charge on any atom is 0.161 e. The second kappa shape index (κ2) is 13.9. The number of aromatic nitrogens is 3.